The Labute approximate surface area is 468 Å². The summed E-state index contributed by atoms with van der Waals surface area (Å²) >= 11 is 0. The van der Waals surface area contributed by atoms with Gasteiger partial charge < -0.3 is 14.2 Å². The van der Waals surface area contributed by atoms with Crippen molar-refractivity contribution in [3.05, 3.63) is 158 Å². The lowest BCUT2D eigenvalue weighted by molar-refractivity contribution is 0.332. The van der Waals surface area contributed by atoms with Crippen molar-refractivity contribution < 1.29 is 4.42 Å². The monoisotopic (exact) mass is 1030 g/mol. The molecule has 0 fully saturated rings. The molecular weight excluding hydrogens is 944 g/mol. The highest BCUT2D eigenvalue weighted by Gasteiger charge is 2.49. The fourth-order valence-electron chi connectivity index (χ4n) is 15.8. The Morgan fingerprint density at radius 2 is 0.949 bits per heavy atom. The number of aryl methyl sites for hydroxylation is 4. The van der Waals surface area contributed by atoms with Gasteiger partial charge in [-0.15, -0.1) is 0 Å². The second-order valence-corrected chi connectivity index (χ2v) is 30.4. The van der Waals surface area contributed by atoms with Crippen LogP contribution in [0.2, 0.25) is 0 Å². The van der Waals surface area contributed by atoms with Crippen LogP contribution in [-0.2, 0) is 37.9 Å². The van der Waals surface area contributed by atoms with E-state index < -0.39 is 0 Å². The molecule has 0 saturated heterocycles. The van der Waals surface area contributed by atoms with Crippen LogP contribution in [0.5, 0.6) is 0 Å². The van der Waals surface area contributed by atoms with Crippen LogP contribution in [-0.4, -0.2) is 6.71 Å². The Kier molecular flexibility index (Phi) is 10.8. The molecule has 7 aromatic carbocycles. The number of fused-ring (bicyclic) bond motifs is 11. The summed E-state index contributed by atoms with van der Waals surface area (Å²) in [5, 5.41) is 2.37. The number of nitrogens with zero attached hydrogens (tertiary/aromatic N) is 2. The maximum atomic E-state index is 7.16. The first-order valence-corrected chi connectivity index (χ1v) is 29.7. The summed E-state index contributed by atoms with van der Waals surface area (Å²) in [6.07, 6.45) is 6.98. The lowest BCUT2D eigenvalue weighted by Gasteiger charge is -2.48. The maximum Gasteiger partial charge on any atom is 0.252 e. The summed E-state index contributed by atoms with van der Waals surface area (Å²) in [4.78, 5) is 5.50. The van der Waals surface area contributed by atoms with E-state index in [4.69, 9.17) is 4.42 Å². The molecule has 3 heterocycles. The summed E-state index contributed by atoms with van der Waals surface area (Å²) in [5.74, 6) is 0. The average molecular weight is 1030 g/mol. The van der Waals surface area contributed by atoms with E-state index in [9.17, 15) is 0 Å². The third kappa shape index (κ3) is 7.42. The van der Waals surface area contributed by atoms with E-state index in [2.05, 4.69) is 238 Å². The van der Waals surface area contributed by atoms with E-state index in [1.807, 2.05) is 0 Å². The summed E-state index contributed by atoms with van der Waals surface area (Å²) in [6.45, 7) is 46.0. The van der Waals surface area contributed by atoms with Crippen LogP contribution in [0.3, 0.4) is 0 Å². The van der Waals surface area contributed by atoms with Gasteiger partial charge in [0.25, 0.3) is 6.71 Å². The van der Waals surface area contributed by atoms with Crippen molar-refractivity contribution in [2.24, 2.45) is 0 Å². The highest BCUT2D eigenvalue weighted by molar-refractivity contribution is 7.00. The van der Waals surface area contributed by atoms with Gasteiger partial charge >= 0.3 is 0 Å². The van der Waals surface area contributed by atoms with Gasteiger partial charge in [0, 0.05) is 33.8 Å². The lowest BCUT2D eigenvalue weighted by Crippen LogP contribution is -2.62. The Bertz CT molecular complexity index is 3890. The SMILES string of the molecule is Cc1cc(C)c(-c2cc3c4c(c2)N(c2cc5c(cc2C)C(C)(C)CCC5(C)C)c2c(ccc5oc6cc(C(C)(C)C)ccc6c25)B4c2cc4c(cc2N3c2ccc3c(c2)C(C)(C)CCC3(C)C)C(C)(C)CCC4(C)C)c(C)c1. The molecule has 4 heteroatoms. The Hall–Kier alpha value is -6.00. The molecule has 3 nitrogen and oxygen atoms in total. The third-order valence-corrected chi connectivity index (χ3v) is 21.0. The first-order chi connectivity index (χ1) is 36.4. The second kappa shape index (κ2) is 16.3. The summed E-state index contributed by atoms with van der Waals surface area (Å²) in [5.41, 5.74) is 31.8. The van der Waals surface area contributed by atoms with Gasteiger partial charge in [0.05, 0.1) is 11.1 Å². The van der Waals surface area contributed by atoms with E-state index in [0.29, 0.717) is 0 Å². The van der Waals surface area contributed by atoms with Crippen molar-refractivity contribution in [3.63, 3.8) is 0 Å². The molecule has 0 unspecified atom stereocenters. The highest BCUT2D eigenvalue weighted by atomic mass is 16.3. The Morgan fingerprint density at radius 3 is 1.53 bits per heavy atom. The molecule has 8 aromatic rings. The topological polar surface area (TPSA) is 19.6 Å². The van der Waals surface area contributed by atoms with E-state index in [1.165, 1.54) is 146 Å². The maximum absolute atomic E-state index is 7.16. The minimum absolute atomic E-state index is 0.00770. The van der Waals surface area contributed by atoms with Gasteiger partial charge in [-0.05, 0) is 236 Å². The molecule has 0 bridgehead atoms. The third-order valence-electron chi connectivity index (χ3n) is 21.0. The molecule has 0 saturated carbocycles. The normalized spacial score (nSPS) is 19.7. The van der Waals surface area contributed by atoms with Crippen LogP contribution in [0.4, 0.5) is 34.1 Å². The predicted molar refractivity (Wildman–Crippen MR) is 337 cm³/mol. The number of benzene rings is 7. The number of furan rings is 1. The second-order valence-electron chi connectivity index (χ2n) is 30.4. The van der Waals surface area contributed by atoms with E-state index in [-0.39, 0.29) is 44.6 Å². The lowest BCUT2D eigenvalue weighted by atomic mass is 9.33. The van der Waals surface area contributed by atoms with Gasteiger partial charge in [-0.25, -0.2) is 0 Å². The van der Waals surface area contributed by atoms with Crippen LogP contribution >= 0.6 is 0 Å². The molecular formula is C74H85BN2O. The molecule has 78 heavy (non-hydrogen) atoms. The predicted octanol–water partition coefficient (Wildman–Crippen LogP) is 18.9. The quantitative estimate of drug-likeness (QED) is 0.164. The van der Waals surface area contributed by atoms with Crippen molar-refractivity contribution in [2.45, 2.75) is 208 Å². The van der Waals surface area contributed by atoms with E-state index >= 15 is 0 Å². The van der Waals surface area contributed by atoms with Crippen LogP contribution in [0, 0.1) is 27.7 Å². The Morgan fingerprint density at radius 1 is 0.436 bits per heavy atom. The number of anilines is 6. The van der Waals surface area contributed by atoms with Gasteiger partial charge in [0.1, 0.15) is 11.2 Å². The molecule has 0 N–H and O–H groups in total. The summed E-state index contributed by atoms with van der Waals surface area (Å²) < 4.78 is 7.16. The zero-order valence-corrected chi connectivity index (χ0v) is 50.9. The number of rotatable bonds is 3. The standard InChI is InChI=1S/C74H85BN2O/c1-42-32-44(3)64(45(4)33-42)46-35-60-66-61(36-46)77(58-40-54-51(34-43(58)2)70(10,11)28-30-73(54,16)17)67-56(24-25-62-65(67)49-22-20-47(68(5,6)7)37-63(49)78-62)75(66)57-39-53-55(74(18,19)31-29-72(53,14)15)41-59(57)76(60)48-21-23-50-52(38-48)71(12,13)27-26-69(50,8)9/h20-25,32-41H,26-31H2,1-19H3. The largest absolute Gasteiger partial charge is 0.456 e. The highest BCUT2D eigenvalue weighted by Crippen LogP contribution is 2.56. The average Bonchev–Trinajstić information content (AvgIpc) is 2.51. The van der Waals surface area contributed by atoms with Crippen molar-refractivity contribution >= 4 is 79.2 Å². The van der Waals surface area contributed by atoms with Crippen molar-refractivity contribution in [1.82, 2.24) is 0 Å². The molecule has 0 spiro atoms. The summed E-state index contributed by atoms with van der Waals surface area (Å²) in [6, 6.07) is 40.1. The molecule has 400 valence electrons. The first-order valence-electron chi connectivity index (χ1n) is 29.7. The van der Waals surface area contributed by atoms with Crippen LogP contribution in [0.1, 0.15) is 204 Å². The van der Waals surface area contributed by atoms with Crippen LogP contribution < -0.4 is 26.2 Å². The van der Waals surface area contributed by atoms with Gasteiger partial charge in [-0.1, -0.05) is 158 Å². The zero-order chi connectivity index (χ0) is 55.5. The molecule has 3 aliphatic carbocycles. The van der Waals surface area contributed by atoms with E-state index in [1.54, 1.807) is 0 Å². The molecule has 0 amide bonds. The molecule has 1 aromatic heterocycles. The smallest absolute Gasteiger partial charge is 0.252 e. The first kappa shape index (κ1) is 51.4. The van der Waals surface area contributed by atoms with E-state index in [0.717, 1.165) is 36.8 Å². The molecule has 13 rings (SSSR count). The molecule has 0 radical (unpaired) electrons. The fraction of sp³-hybridized carbons (Fsp3) is 0.432. The van der Waals surface area contributed by atoms with Gasteiger partial charge in [0.15, 0.2) is 0 Å². The summed E-state index contributed by atoms with van der Waals surface area (Å²) in [7, 11) is 0. The van der Waals surface area contributed by atoms with Crippen molar-refractivity contribution in [3.8, 4) is 11.1 Å². The molecule has 5 aliphatic rings. The zero-order valence-electron chi connectivity index (χ0n) is 50.9. The Balaban J connectivity index is 1.23. The fourth-order valence-corrected chi connectivity index (χ4v) is 15.8. The van der Waals surface area contributed by atoms with Gasteiger partial charge in [-0.3, -0.25) is 0 Å². The molecule has 2 aliphatic heterocycles. The van der Waals surface area contributed by atoms with Gasteiger partial charge in [0.2, 0.25) is 0 Å². The van der Waals surface area contributed by atoms with Crippen molar-refractivity contribution in [2.75, 3.05) is 9.80 Å². The van der Waals surface area contributed by atoms with Crippen molar-refractivity contribution in [1.29, 1.82) is 0 Å². The number of hydrogen-bond donors (Lipinski definition) is 0. The number of hydrogen-bond acceptors (Lipinski definition) is 3. The van der Waals surface area contributed by atoms with Crippen LogP contribution in [0.15, 0.2) is 101 Å². The van der Waals surface area contributed by atoms with Gasteiger partial charge in [-0.2, -0.15) is 0 Å². The minimum atomic E-state index is -0.0580. The minimum Gasteiger partial charge on any atom is -0.456 e. The van der Waals surface area contributed by atoms with Crippen LogP contribution in [0.25, 0.3) is 33.1 Å². The molecule has 0 atom stereocenters.